The number of aromatic nitrogens is 1. The lowest BCUT2D eigenvalue weighted by Crippen LogP contribution is -2.09. The van der Waals surface area contributed by atoms with Crippen LogP contribution in [0, 0.1) is 0 Å². The van der Waals surface area contributed by atoms with E-state index in [4.69, 9.17) is 0 Å². The maximum absolute atomic E-state index is 3.62. The normalized spacial score (nSPS) is 11.2. The van der Waals surface area contributed by atoms with E-state index in [0.29, 0.717) is 0 Å². The number of H-pyrrole nitrogens is 1. The number of hydrogen-bond acceptors (Lipinski definition) is 1. The van der Waals surface area contributed by atoms with Gasteiger partial charge in [-0.25, -0.2) is 0 Å². The van der Waals surface area contributed by atoms with Crippen molar-refractivity contribution in [1.29, 1.82) is 0 Å². The summed E-state index contributed by atoms with van der Waals surface area (Å²) in [4.78, 5) is 5.91. The first-order valence-corrected chi connectivity index (χ1v) is 15.0. The third-order valence-electron chi connectivity index (χ3n) is 8.41. The van der Waals surface area contributed by atoms with Crippen LogP contribution >= 0.6 is 0 Å². The molecule has 8 rings (SSSR count). The van der Waals surface area contributed by atoms with Gasteiger partial charge in [0.1, 0.15) is 0 Å². The molecule has 0 aliphatic rings. The fourth-order valence-electron chi connectivity index (χ4n) is 6.15. The van der Waals surface area contributed by atoms with Crippen LogP contribution in [0.5, 0.6) is 0 Å². The molecule has 208 valence electrons. The second-order valence-electron chi connectivity index (χ2n) is 11.1. The maximum Gasteiger partial charge on any atom is 0.0465 e. The molecule has 44 heavy (non-hydrogen) atoms. The standard InChI is InChI=1S/C42H30N2/c1-4-10-30(11-5-1)31-16-18-32(19-17-31)34-22-26-41-39(28-34)40-29-35(23-27-42(40)43-41)33-20-24-38(25-21-33)44(36-12-6-2-7-13-36)37-14-8-3-9-15-37/h1-29,43H. The van der Waals surface area contributed by atoms with Crippen LogP contribution in [0.2, 0.25) is 0 Å². The zero-order valence-electron chi connectivity index (χ0n) is 24.2. The molecule has 0 atom stereocenters. The van der Waals surface area contributed by atoms with Crippen molar-refractivity contribution >= 4 is 38.9 Å². The van der Waals surface area contributed by atoms with Crippen LogP contribution in [-0.2, 0) is 0 Å². The summed E-state index contributed by atoms with van der Waals surface area (Å²) in [5.41, 5.74) is 13.0. The van der Waals surface area contributed by atoms with Gasteiger partial charge in [-0.3, -0.25) is 0 Å². The van der Waals surface area contributed by atoms with Gasteiger partial charge in [-0.2, -0.15) is 0 Å². The van der Waals surface area contributed by atoms with E-state index in [0.717, 1.165) is 28.1 Å². The lowest BCUT2D eigenvalue weighted by molar-refractivity contribution is 1.28. The van der Waals surface area contributed by atoms with E-state index in [2.05, 4.69) is 186 Å². The second kappa shape index (κ2) is 11.1. The second-order valence-corrected chi connectivity index (χ2v) is 11.1. The van der Waals surface area contributed by atoms with Crippen molar-refractivity contribution in [2.24, 2.45) is 0 Å². The molecule has 8 aromatic rings. The zero-order valence-corrected chi connectivity index (χ0v) is 24.2. The van der Waals surface area contributed by atoms with Gasteiger partial charge in [-0.05, 0) is 94.0 Å². The number of hydrogen-bond donors (Lipinski definition) is 1. The van der Waals surface area contributed by atoms with E-state index >= 15 is 0 Å². The van der Waals surface area contributed by atoms with Crippen molar-refractivity contribution in [3.05, 3.63) is 176 Å². The Balaban J connectivity index is 1.13. The molecule has 0 saturated carbocycles. The Morgan fingerprint density at radius 2 is 0.636 bits per heavy atom. The van der Waals surface area contributed by atoms with Gasteiger partial charge in [0.25, 0.3) is 0 Å². The van der Waals surface area contributed by atoms with Gasteiger partial charge in [-0.15, -0.1) is 0 Å². The lowest BCUT2D eigenvalue weighted by Gasteiger charge is -2.25. The summed E-state index contributed by atoms with van der Waals surface area (Å²) in [6.45, 7) is 0. The minimum Gasteiger partial charge on any atom is -0.355 e. The minimum atomic E-state index is 1.13. The summed E-state index contributed by atoms with van der Waals surface area (Å²) in [5.74, 6) is 0. The van der Waals surface area contributed by atoms with Crippen LogP contribution in [-0.4, -0.2) is 4.98 Å². The maximum atomic E-state index is 3.62. The van der Waals surface area contributed by atoms with Gasteiger partial charge in [0.15, 0.2) is 0 Å². The van der Waals surface area contributed by atoms with Gasteiger partial charge in [0.2, 0.25) is 0 Å². The highest BCUT2D eigenvalue weighted by molar-refractivity contribution is 6.09. The number of nitrogens with zero attached hydrogens (tertiary/aromatic N) is 1. The van der Waals surface area contributed by atoms with Gasteiger partial charge in [0, 0.05) is 38.9 Å². The van der Waals surface area contributed by atoms with Crippen molar-refractivity contribution in [3.8, 4) is 33.4 Å². The molecular weight excluding hydrogens is 532 g/mol. The summed E-state index contributed by atoms with van der Waals surface area (Å²) < 4.78 is 0. The highest BCUT2D eigenvalue weighted by atomic mass is 15.1. The fraction of sp³-hybridized carbons (Fsp3) is 0. The van der Waals surface area contributed by atoms with Crippen LogP contribution in [0.4, 0.5) is 17.1 Å². The molecule has 0 aliphatic heterocycles. The SMILES string of the molecule is c1ccc(-c2ccc(-c3ccc4[nH]c5ccc(-c6ccc(N(c7ccccc7)c7ccccc7)cc6)cc5c4c3)cc2)cc1. The number of para-hydroxylation sites is 2. The molecule has 0 aliphatic carbocycles. The highest BCUT2D eigenvalue weighted by Gasteiger charge is 2.13. The highest BCUT2D eigenvalue weighted by Crippen LogP contribution is 2.37. The van der Waals surface area contributed by atoms with Gasteiger partial charge in [-0.1, -0.05) is 115 Å². The molecule has 0 amide bonds. The van der Waals surface area contributed by atoms with Crippen molar-refractivity contribution in [2.75, 3.05) is 4.90 Å². The quantitative estimate of drug-likeness (QED) is 0.214. The molecule has 0 fully saturated rings. The van der Waals surface area contributed by atoms with Crippen LogP contribution in [0.1, 0.15) is 0 Å². The minimum absolute atomic E-state index is 1.13. The topological polar surface area (TPSA) is 19.0 Å². The molecular formula is C42H30N2. The van der Waals surface area contributed by atoms with Crippen molar-refractivity contribution < 1.29 is 0 Å². The zero-order chi connectivity index (χ0) is 29.3. The molecule has 1 N–H and O–H groups in total. The van der Waals surface area contributed by atoms with Crippen LogP contribution in [0.25, 0.3) is 55.2 Å². The largest absolute Gasteiger partial charge is 0.355 e. The van der Waals surface area contributed by atoms with Crippen LogP contribution in [0.3, 0.4) is 0 Å². The first kappa shape index (κ1) is 25.8. The number of aromatic amines is 1. The Morgan fingerprint density at radius 1 is 0.295 bits per heavy atom. The van der Waals surface area contributed by atoms with E-state index in [1.54, 1.807) is 0 Å². The number of fused-ring (bicyclic) bond motifs is 3. The predicted octanol–water partition coefficient (Wildman–Crippen LogP) is 11.8. The smallest absolute Gasteiger partial charge is 0.0465 e. The number of rotatable bonds is 6. The molecule has 0 saturated heterocycles. The molecule has 2 heteroatoms. The molecule has 1 aromatic heterocycles. The van der Waals surface area contributed by atoms with E-state index in [-0.39, 0.29) is 0 Å². The van der Waals surface area contributed by atoms with Crippen molar-refractivity contribution in [3.63, 3.8) is 0 Å². The Kier molecular flexibility index (Phi) is 6.51. The molecule has 0 radical (unpaired) electrons. The van der Waals surface area contributed by atoms with Crippen LogP contribution < -0.4 is 4.90 Å². The van der Waals surface area contributed by atoms with Gasteiger partial charge >= 0.3 is 0 Å². The van der Waals surface area contributed by atoms with E-state index in [9.17, 15) is 0 Å². The van der Waals surface area contributed by atoms with E-state index in [1.165, 1.54) is 44.2 Å². The molecule has 0 unspecified atom stereocenters. The number of anilines is 3. The summed E-state index contributed by atoms with van der Waals surface area (Å²) in [6, 6.07) is 62.8. The third kappa shape index (κ3) is 4.83. The average Bonchev–Trinajstić information content (AvgIpc) is 3.47. The summed E-state index contributed by atoms with van der Waals surface area (Å²) in [7, 11) is 0. The Morgan fingerprint density at radius 3 is 1.11 bits per heavy atom. The van der Waals surface area contributed by atoms with E-state index in [1.807, 2.05) is 0 Å². The number of nitrogens with one attached hydrogen (secondary N) is 1. The fourth-order valence-corrected chi connectivity index (χ4v) is 6.15. The first-order chi connectivity index (χ1) is 21.8. The van der Waals surface area contributed by atoms with Gasteiger partial charge < -0.3 is 9.88 Å². The molecule has 0 bridgehead atoms. The Labute approximate surface area is 257 Å². The van der Waals surface area contributed by atoms with Crippen LogP contribution in [0.15, 0.2) is 176 Å². The molecule has 1 heterocycles. The Hall–Kier alpha value is -5.86. The summed E-state index contributed by atoms with van der Waals surface area (Å²) in [6.07, 6.45) is 0. The summed E-state index contributed by atoms with van der Waals surface area (Å²) >= 11 is 0. The van der Waals surface area contributed by atoms with E-state index < -0.39 is 0 Å². The summed E-state index contributed by atoms with van der Waals surface area (Å²) in [5, 5.41) is 2.47. The Bertz CT molecular complexity index is 2140. The predicted molar refractivity (Wildman–Crippen MR) is 187 cm³/mol. The molecule has 0 spiro atoms. The average molecular weight is 563 g/mol. The molecule has 2 nitrogen and oxygen atoms in total. The van der Waals surface area contributed by atoms with Gasteiger partial charge in [0.05, 0.1) is 0 Å². The number of benzene rings is 7. The lowest BCUT2D eigenvalue weighted by atomic mass is 9.98. The molecule has 7 aromatic carbocycles. The monoisotopic (exact) mass is 562 g/mol. The third-order valence-corrected chi connectivity index (χ3v) is 8.41. The first-order valence-electron chi connectivity index (χ1n) is 15.0. The van der Waals surface area contributed by atoms with Crippen molar-refractivity contribution in [1.82, 2.24) is 4.98 Å². The van der Waals surface area contributed by atoms with Crippen molar-refractivity contribution in [2.45, 2.75) is 0 Å².